The predicted octanol–water partition coefficient (Wildman–Crippen LogP) is 3.49. The van der Waals surface area contributed by atoms with E-state index in [2.05, 4.69) is 11.2 Å². The topological polar surface area (TPSA) is 34.1 Å². The minimum absolute atomic E-state index is 0.265. The molecule has 0 radical (unpaired) electrons. The van der Waals surface area contributed by atoms with Crippen molar-refractivity contribution in [3.63, 3.8) is 0 Å². The molecule has 21 heavy (non-hydrogen) atoms. The molecule has 2 aromatic carbocycles. The first-order chi connectivity index (χ1) is 9.79. The van der Waals surface area contributed by atoms with Gasteiger partial charge >= 0.3 is 6.18 Å². The number of halogens is 3. The highest BCUT2D eigenvalue weighted by atomic mass is 32.2. The van der Waals surface area contributed by atoms with Gasteiger partial charge < -0.3 is 0 Å². The Morgan fingerprint density at radius 2 is 1.43 bits per heavy atom. The maximum absolute atomic E-state index is 12.4. The van der Waals surface area contributed by atoms with Crippen LogP contribution in [0.5, 0.6) is 0 Å². The molecule has 108 valence electrons. The van der Waals surface area contributed by atoms with Crippen LogP contribution in [0, 0.1) is 11.2 Å². The quantitative estimate of drug-likeness (QED) is 0.756. The highest BCUT2D eigenvalue weighted by Gasteiger charge is 2.30. The normalized spacial score (nSPS) is 11.6. The number of hydrogen-bond acceptors (Lipinski definition) is 2. The smallest absolute Gasteiger partial charge is 0.210 e. The second-order valence-corrected chi connectivity index (χ2v) is 5.80. The number of benzene rings is 2. The van der Waals surface area contributed by atoms with Crippen LogP contribution in [0.1, 0.15) is 11.1 Å². The first-order valence-corrected chi connectivity index (χ1v) is 7.27. The maximum Gasteiger partial charge on any atom is 0.416 e. The van der Waals surface area contributed by atoms with E-state index in [4.69, 9.17) is 0 Å². The van der Waals surface area contributed by atoms with E-state index in [-0.39, 0.29) is 4.90 Å². The van der Waals surface area contributed by atoms with Gasteiger partial charge in [-0.3, -0.25) is 0 Å². The van der Waals surface area contributed by atoms with Crippen molar-refractivity contribution >= 4 is 9.84 Å². The molecule has 0 saturated heterocycles. The van der Waals surface area contributed by atoms with E-state index in [0.717, 1.165) is 24.3 Å². The lowest BCUT2D eigenvalue weighted by Crippen LogP contribution is -2.05. The van der Waals surface area contributed by atoms with Gasteiger partial charge in [0.25, 0.3) is 0 Å². The standard InChI is InChI=1S/C15H9F3O2S/c16-15(17,18)13-6-8-14(9-7-13)21(19,20)11-10-12-4-2-1-3-5-12/h1-9H. The average molecular weight is 310 g/mol. The molecule has 6 heteroatoms. The molecule has 0 aliphatic rings. The Morgan fingerprint density at radius 3 is 1.95 bits per heavy atom. The summed E-state index contributed by atoms with van der Waals surface area (Å²) in [5.41, 5.74) is -0.398. The van der Waals surface area contributed by atoms with Crippen molar-refractivity contribution < 1.29 is 21.6 Å². The van der Waals surface area contributed by atoms with Crippen molar-refractivity contribution in [2.75, 3.05) is 0 Å². The molecule has 0 atom stereocenters. The zero-order chi connectivity index (χ0) is 15.5. The van der Waals surface area contributed by atoms with Crippen LogP contribution in [0.3, 0.4) is 0 Å². The molecular formula is C15H9F3O2S. The van der Waals surface area contributed by atoms with Gasteiger partial charge in [-0.15, -0.1) is 0 Å². The van der Waals surface area contributed by atoms with Crippen molar-refractivity contribution in [2.24, 2.45) is 0 Å². The van der Waals surface area contributed by atoms with E-state index >= 15 is 0 Å². The molecule has 2 rings (SSSR count). The highest BCUT2D eigenvalue weighted by molar-refractivity contribution is 7.96. The Bertz CT molecular complexity index is 781. The van der Waals surface area contributed by atoms with Gasteiger partial charge in [-0.1, -0.05) is 18.2 Å². The van der Waals surface area contributed by atoms with Gasteiger partial charge in [0.2, 0.25) is 9.84 Å². The Hall–Kier alpha value is -2.26. The minimum atomic E-state index is -4.50. The second-order valence-electron chi connectivity index (χ2n) is 4.12. The monoisotopic (exact) mass is 310 g/mol. The molecule has 0 aromatic heterocycles. The Balaban J connectivity index is 2.31. The summed E-state index contributed by atoms with van der Waals surface area (Å²) in [7, 11) is -3.95. The van der Waals surface area contributed by atoms with Gasteiger partial charge in [0.1, 0.15) is 0 Å². The highest BCUT2D eigenvalue weighted by Crippen LogP contribution is 2.29. The van der Waals surface area contributed by atoms with Crippen molar-refractivity contribution in [1.29, 1.82) is 0 Å². The summed E-state index contributed by atoms with van der Waals surface area (Å²) < 4.78 is 61.0. The number of hydrogen-bond donors (Lipinski definition) is 0. The van der Waals surface area contributed by atoms with E-state index in [1.54, 1.807) is 30.3 Å². The third-order valence-corrected chi connectivity index (χ3v) is 3.86. The molecule has 0 bridgehead atoms. The lowest BCUT2D eigenvalue weighted by molar-refractivity contribution is -0.137. The fourth-order valence-corrected chi connectivity index (χ4v) is 2.39. The molecular weight excluding hydrogens is 301 g/mol. The Labute approximate surface area is 120 Å². The third-order valence-electron chi connectivity index (χ3n) is 2.60. The molecule has 0 aliphatic carbocycles. The van der Waals surface area contributed by atoms with Crippen molar-refractivity contribution in [1.82, 2.24) is 0 Å². The fraction of sp³-hybridized carbons (Fsp3) is 0.0667. The molecule has 0 spiro atoms. The molecule has 2 aromatic rings. The van der Waals surface area contributed by atoms with Crippen LogP contribution in [0.15, 0.2) is 59.5 Å². The molecule has 0 unspecified atom stereocenters. The largest absolute Gasteiger partial charge is 0.416 e. The zero-order valence-electron chi connectivity index (χ0n) is 10.6. The predicted molar refractivity (Wildman–Crippen MR) is 71.9 cm³/mol. The SMILES string of the molecule is O=S(=O)(C#Cc1ccccc1)c1ccc(C(F)(F)F)cc1. The lowest BCUT2D eigenvalue weighted by atomic mass is 10.2. The van der Waals surface area contributed by atoms with Crippen LogP contribution >= 0.6 is 0 Å². The molecule has 0 amide bonds. The molecule has 0 N–H and O–H groups in total. The lowest BCUT2D eigenvalue weighted by Gasteiger charge is -2.06. The summed E-state index contributed by atoms with van der Waals surface area (Å²) in [6.45, 7) is 0. The van der Waals surface area contributed by atoms with Gasteiger partial charge in [0, 0.05) is 10.8 Å². The van der Waals surface area contributed by atoms with Gasteiger partial charge in [-0.05, 0) is 42.3 Å². The summed E-state index contributed by atoms with van der Waals surface area (Å²) >= 11 is 0. The first kappa shape index (κ1) is 15.1. The number of rotatable bonds is 1. The first-order valence-electron chi connectivity index (χ1n) is 5.79. The van der Waals surface area contributed by atoms with Crippen LogP contribution in [-0.4, -0.2) is 8.42 Å². The Morgan fingerprint density at radius 1 is 0.857 bits per heavy atom. The number of alkyl halides is 3. The maximum atomic E-state index is 12.4. The van der Waals surface area contributed by atoms with Crippen molar-refractivity contribution in [3.05, 3.63) is 65.7 Å². The number of sulfone groups is 1. The summed E-state index contributed by atoms with van der Waals surface area (Å²) in [6, 6.07) is 11.7. The van der Waals surface area contributed by atoms with Crippen LogP contribution in [-0.2, 0) is 16.0 Å². The molecule has 2 nitrogen and oxygen atoms in total. The van der Waals surface area contributed by atoms with E-state index < -0.39 is 21.6 Å². The summed E-state index contributed by atoms with van der Waals surface area (Å²) in [6.07, 6.45) is -4.50. The fourth-order valence-electron chi connectivity index (χ4n) is 1.53. The summed E-state index contributed by atoms with van der Waals surface area (Å²) in [5, 5.41) is 2.09. The van der Waals surface area contributed by atoms with Crippen LogP contribution in [0.25, 0.3) is 0 Å². The van der Waals surface area contributed by atoms with Gasteiger partial charge in [-0.2, -0.15) is 13.2 Å². The molecule has 0 aliphatic heterocycles. The van der Waals surface area contributed by atoms with E-state index in [9.17, 15) is 21.6 Å². The third kappa shape index (κ3) is 3.86. The molecule has 0 heterocycles. The van der Waals surface area contributed by atoms with E-state index in [1.165, 1.54) is 0 Å². The summed E-state index contributed by atoms with van der Waals surface area (Å²) in [5.74, 6) is 2.47. The van der Waals surface area contributed by atoms with Crippen LogP contribution in [0.4, 0.5) is 13.2 Å². The Kier molecular flexibility index (Phi) is 4.05. The summed E-state index contributed by atoms with van der Waals surface area (Å²) in [4.78, 5) is -0.265. The second kappa shape index (κ2) is 5.62. The molecule has 0 fully saturated rings. The van der Waals surface area contributed by atoms with Gasteiger partial charge in [0.05, 0.1) is 10.5 Å². The van der Waals surface area contributed by atoms with Crippen LogP contribution in [0.2, 0.25) is 0 Å². The van der Waals surface area contributed by atoms with Crippen LogP contribution < -0.4 is 0 Å². The average Bonchev–Trinajstić information content (AvgIpc) is 2.46. The molecule has 0 saturated carbocycles. The van der Waals surface area contributed by atoms with E-state index in [0.29, 0.717) is 5.56 Å². The van der Waals surface area contributed by atoms with Crippen molar-refractivity contribution in [2.45, 2.75) is 11.1 Å². The van der Waals surface area contributed by atoms with Gasteiger partial charge in [-0.25, -0.2) is 8.42 Å². The van der Waals surface area contributed by atoms with Gasteiger partial charge in [0.15, 0.2) is 0 Å². The van der Waals surface area contributed by atoms with E-state index in [1.807, 2.05) is 0 Å². The minimum Gasteiger partial charge on any atom is -0.210 e. The zero-order valence-corrected chi connectivity index (χ0v) is 11.4. The van der Waals surface area contributed by atoms with Crippen molar-refractivity contribution in [3.8, 4) is 11.2 Å².